The van der Waals surface area contributed by atoms with Crippen LogP contribution < -0.4 is 5.32 Å². The lowest BCUT2D eigenvalue weighted by molar-refractivity contribution is 0.0140. The SMILES string of the molecule is CN(C)C(=O)c1cc2cnc(Nc3cnc(C(=O)N4CCN(C(=O)OC(C)(C)C)CC4)cn3)nc2n1C1CCCC1. The van der Waals surface area contributed by atoms with E-state index in [-0.39, 0.29) is 29.6 Å². The largest absolute Gasteiger partial charge is 0.444 e. The Morgan fingerprint density at radius 2 is 1.63 bits per heavy atom. The molecule has 3 aromatic heterocycles. The van der Waals surface area contributed by atoms with Gasteiger partial charge >= 0.3 is 6.09 Å². The van der Waals surface area contributed by atoms with Gasteiger partial charge in [-0.3, -0.25) is 9.59 Å². The van der Waals surface area contributed by atoms with Crippen LogP contribution in [0.1, 0.15) is 73.5 Å². The van der Waals surface area contributed by atoms with Crippen LogP contribution >= 0.6 is 0 Å². The second-order valence-electron chi connectivity index (χ2n) is 11.7. The smallest absolute Gasteiger partial charge is 0.410 e. The molecule has 4 heterocycles. The van der Waals surface area contributed by atoms with Crippen molar-refractivity contribution in [1.82, 2.24) is 39.2 Å². The molecule has 0 aromatic carbocycles. The summed E-state index contributed by atoms with van der Waals surface area (Å²) in [5, 5.41) is 3.87. The summed E-state index contributed by atoms with van der Waals surface area (Å²) in [5.41, 5.74) is 0.947. The molecule has 0 spiro atoms. The molecular weight excluding hydrogens is 526 g/mol. The number of piperazine rings is 1. The van der Waals surface area contributed by atoms with Crippen LogP contribution in [0.15, 0.2) is 24.7 Å². The Kier molecular flexibility index (Phi) is 7.78. The molecule has 3 amide bonds. The summed E-state index contributed by atoms with van der Waals surface area (Å²) in [4.78, 5) is 60.9. The van der Waals surface area contributed by atoms with Crippen molar-refractivity contribution in [2.45, 2.75) is 58.1 Å². The van der Waals surface area contributed by atoms with Crippen LogP contribution in [0.2, 0.25) is 0 Å². The number of fused-ring (bicyclic) bond motifs is 1. The minimum absolute atomic E-state index is 0.0678. The minimum Gasteiger partial charge on any atom is -0.444 e. The summed E-state index contributed by atoms with van der Waals surface area (Å²) in [6.45, 7) is 7.01. The molecule has 2 fully saturated rings. The lowest BCUT2D eigenvalue weighted by Gasteiger charge is -2.35. The summed E-state index contributed by atoms with van der Waals surface area (Å²) < 4.78 is 7.47. The standard InChI is InChI=1S/C28H37N9O4/c1-28(2,3)41-27(40)36-12-10-35(11-13-36)24(38)20-16-30-22(17-29-20)32-26-31-15-18-14-21(25(39)34(4)5)37(23(18)33-26)19-8-6-7-9-19/h14-17,19H,6-13H2,1-5H3,(H,30,31,32,33). The molecule has 1 aliphatic carbocycles. The summed E-state index contributed by atoms with van der Waals surface area (Å²) in [6.07, 6.45) is 8.45. The zero-order chi connectivity index (χ0) is 29.3. The van der Waals surface area contributed by atoms with Crippen LogP contribution in [0.3, 0.4) is 0 Å². The third-order valence-corrected chi connectivity index (χ3v) is 7.22. The van der Waals surface area contributed by atoms with E-state index in [4.69, 9.17) is 9.72 Å². The summed E-state index contributed by atoms with van der Waals surface area (Å²) in [7, 11) is 3.49. The first-order chi connectivity index (χ1) is 19.5. The van der Waals surface area contributed by atoms with E-state index < -0.39 is 5.60 Å². The van der Waals surface area contributed by atoms with Crippen molar-refractivity contribution in [2.75, 3.05) is 45.6 Å². The zero-order valence-electron chi connectivity index (χ0n) is 24.3. The van der Waals surface area contributed by atoms with Crippen LogP contribution in [0.5, 0.6) is 0 Å². The van der Waals surface area contributed by atoms with Gasteiger partial charge < -0.3 is 29.3 Å². The van der Waals surface area contributed by atoms with E-state index in [0.717, 1.165) is 31.1 Å². The molecule has 0 bridgehead atoms. The van der Waals surface area contributed by atoms with Crippen molar-refractivity contribution in [2.24, 2.45) is 0 Å². The molecule has 13 nitrogen and oxygen atoms in total. The third-order valence-electron chi connectivity index (χ3n) is 7.22. The number of anilines is 2. The number of nitrogens with one attached hydrogen (secondary N) is 1. The predicted octanol–water partition coefficient (Wildman–Crippen LogP) is 3.47. The van der Waals surface area contributed by atoms with Crippen molar-refractivity contribution in [3.8, 4) is 0 Å². The Bertz CT molecular complexity index is 1430. The summed E-state index contributed by atoms with van der Waals surface area (Å²) >= 11 is 0. The maximum absolute atomic E-state index is 13.0. The van der Waals surface area contributed by atoms with E-state index in [0.29, 0.717) is 49.3 Å². The van der Waals surface area contributed by atoms with E-state index in [1.165, 1.54) is 12.4 Å². The Labute approximate surface area is 238 Å². The van der Waals surface area contributed by atoms with Crippen LogP contribution in [0, 0.1) is 0 Å². The van der Waals surface area contributed by atoms with Crippen LogP contribution in [0.25, 0.3) is 11.0 Å². The molecule has 1 saturated carbocycles. The fourth-order valence-electron chi connectivity index (χ4n) is 5.19. The summed E-state index contributed by atoms with van der Waals surface area (Å²) in [5.74, 6) is 0.393. The van der Waals surface area contributed by atoms with E-state index in [9.17, 15) is 14.4 Å². The fraction of sp³-hybridized carbons (Fsp3) is 0.536. The molecular formula is C28H37N9O4. The van der Waals surface area contributed by atoms with Gasteiger partial charge in [-0.15, -0.1) is 0 Å². The molecule has 1 aliphatic heterocycles. The van der Waals surface area contributed by atoms with Gasteiger partial charge in [-0.05, 0) is 39.7 Å². The number of nitrogens with zero attached hydrogens (tertiary/aromatic N) is 8. The molecule has 1 saturated heterocycles. The van der Waals surface area contributed by atoms with Crippen LogP contribution in [0.4, 0.5) is 16.6 Å². The molecule has 218 valence electrons. The Balaban J connectivity index is 1.27. The van der Waals surface area contributed by atoms with Crippen LogP contribution in [-0.2, 0) is 4.74 Å². The van der Waals surface area contributed by atoms with E-state index in [2.05, 4.69) is 20.3 Å². The molecule has 5 rings (SSSR count). The van der Waals surface area contributed by atoms with Crippen molar-refractivity contribution < 1.29 is 19.1 Å². The summed E-state index contributed by atoms with van der Waals surface area (Å²) in [6, 6.07) is 2.07. The Hall–Kier alpha value is -4.29. The normalized spacial score (nSPS) is 16.2. The van der Waals surface area contributed by atoms with Crippen molar-refractivity contribution in [3.63, 3.8) is 0 Å². The topological polar surface area (TPSA) is 139 Å². The molecule has 0 radical (unpaired) electrons. The molecule has 1 N–H and O–H groups in total. The predicted molar refractivity (Wildman–Crippen MR) is 152 cm³/mol. The lowest BCUT2D eigenvalue weighted by atomic mass is 10.2. The first-order valence-corrected chi connectivity index (χ1v) is 14.0. The highest BCUT2D eigenvalue weighted by Crippen LogP contribution is 2.35. The number of hydrogen-bond acceptors (Lipinski definition) is 9. The second-order valence-corrected chi connectivity index (χ2v) is 11.7. The maximum atomic E-state index is 13.0. The highest BCUT2D eigenvalue weighted by molar-refractivity contribution is 5.98. The van der Waals surface area contributed by atoms with Gasteiger partial charge in [0.25, 0.3) is 11.8 Å². The molecule has 41 heavy (non-hydrogen) atoms. The Morgan fingerprint density at radius 3 is 2.24 bits per heavy atom. The zero-order valence-corrected chi connectivity index (χ0v) is 24.3. The number of ether oxygens (including phenoxy) is 1. The number of amides is 3. The van der Waals surface area contributed by atoms with Gasteiger partial charge in [0.1, 0.15) is 22.6 Å². The molecule has 3 aromatic rings. The molecule has 0 unspecified atom stereocenters. The van der Waals surface area contributed by atoms with Gasteiger partial charge in [0.15, 0.2) is 5.82 Å². The van der Waals surface area contributed by atoms with E-state index >= 15 is 0 Å². The van der Waals surface area contributed by atoms with Crippen molar-refractivity contribution in [1.29, 1.82) is 0 Å². The van der Waals surface area contributed by atoms with E-state index in [1.54, 1.807) is 35.0 Å². The quantitative estimate of drug-likeness (QED) is 0.494. The van der Waals surface area contributed by atoms with Gasteiger partial charge in [0.05, 0.1) is 12.4 Å². The highest BCUT2D eigenvalue weighted by atomic mass is 16.6. The molecule has 0 atom stereocenters. The molecule has 13 heteroatoms. The second kappa shape index (κ2) is 11.3. The number of hydrogen-bond donors (Lipinski definition) is 1. The fourth-order valence-corrected chi connectivity index (χ4v) is 5.19. The van der Waals surface area contributed by atoms with Gasteiger partial charge in [0.2, 0.25) is 5.95 Å². The minimum atomic E-state index is -0.569. The van der Waals surface area contributed by atoms with Gasteiger partial charge in [0, 0.05) is 57.9 Å². The lowest BCUT2D eigenvalue weighted by Crippen LogP contribution is -2.51. The number of rotatable bonds is 5. The van der Waals surface area contributed by atoms with Gasteiger partial charge in [-0.1, -0.05) is 12.8 Å². The number of carbonyl (C=O) groups is 3. The van der Waals surface area contributed by atoms with E-state index in [1.807, 2.05) is 31.4 Å². The highest BCUT2D eigenvalue weighted by Gasteiger charge is 2.29. The van der Waals surface area contributed by atoms with Gasteiger partial charge in [-0.25, -0.2) is 19.7 Å². The average molecular weight is 564 g/mol. The van der Waals surface area contributed by atoms with Gasteiger partial charge in [-0.2, -0.15) is 4.98 Å². The Morgan fingerprint density at radius 1 is 0.951 bits per heavy atom. The van der Waals surface area contributed by atoms with Crippen LogP contribution in [-0.4, -0.2) is 103 Å². The first kappa shape index (κ1) is 28.2. The first-order valence-electron chi connectivity index (χ1n) is 14.0. The van der Waals surface area contributed by atoms with Crippen molar-refractivity contribution >= 4 is 40.7 Å². The average Bonchev–Trinajstić information content (AvgIpc) is 3.59. The third kappa shape index (κ3) is 6.23. The maximum Gasteiger partial charge on any atom is 0.410 e. The molecule has 2 aliphatic rings. The number of carbonyl (C=O) groups excluding carboxylic acids is 3. The van der Waals surface area contributed by atoms with Crippen molar-refractivity contribution in [3.05, 3.63) is 36.0 Å². The number of aromatic nitrogens is 5. The monoisotopic (exact) mass is 563 g/mol.